The van der Waals surface area contributed by atoms with Crippen molar-refractivity contribution in [1.82, 2.24) is 15.5 Å². The Labute approximate surface area is 165 Å². The van der Waals surface area contributed by atoms with Gasteiger partial charge in [-0.2, -0.15) is 5.10 Å². The van der Waals surface area contributed by atoms with Crippen molar-refractivity contribution in [3.8, 4) is 10.4 Å². The molecular formula is C20H17ClN4OS. The second kappa shape index (κ2) is 7.58. The lowest BCUT2D eigenvalue weighted by molar-refractivity contribution is 0.0959. The van der Waals surface area contributed by atoms with Gasteiger partial charge in [0.05, 0.1) is 10.4 Å². The van der Waals surface area contributed by atoms with E-state index in [4.69, 9.17) is 11.6 Å². The van der Waals surface area contributed by atoms with Crippen molar-refractivity contribution in [2.75, 3.05) is 7.05 Å². The van der Waals surface area contributed by atoms with E-state index in [1.807, 2.05) is 36.7 Å². The van der Waals surface area contributed by atoms with E-state index in [0.29, 0.717) is 10.7 Å². The Kier molecular flexibility index (Phi) is 5.01. The first kappa shape index (κ1) is 17.8. The first-order valence-corrected chi connectivity index (χ1v) is 9.80. The molecule has 1 amide bonds. The summed E-state index contributed by atoms with van der Waals surface area (Å²) in [5, 5.41) is 12.9. The molecular weight excluding hydrogens is 380 g/mol. The number of hydrogen-bond donors (Lipinski definition) is 1. The summed E-state index contributed by atoms with van der Waals surface area (Å²) in [7, 11) is 1.60. The molecule has 0 spiro atoms. The highest BCUT2D eigenvalue weighted by Gasteiger charge is 2.20. The van der Waals surface area contributed by atoms with Crippen LogP contribution in [0.2, 0.25) is 5.02 Å². The van der Waals surface area contributed by atoms with Crippen molar-refractivity contribution >= 4 is 45.1 Å². The molecule has 1 unspecified atom stereocenters. The van der Waals surface area contributed by atoms with Crippen molar-refractivity contribution in [2.24, 2.45) is 10.9 Å². The summed E-state index contributed by atoms with van der Waals surface area (Å²) in [6.45, 7) is 0. The first-order valence-electron chi connectivity index (χ1n) is 8.61. The second-order valence-electron chi connectivity index (χ2n) is 6.32. The smallest absolute Gasteiger partial charge is 0.273 e. The Morgan fingerprint density at radius 3 is 2.81 bits per heavy atom. The molecule has 7 heteroatoms. The maximum atomic E-state index is 12.3. The fourth-order valence-corrected chi connectivity index (χ4v) is 4.37. The molecule has 0 saturated carbocycles. The van der Waals surface area contributed by atoms with Gasteiger partial charge in [-0.1, -0.05) is 29.8 Å². The van der Waals surface area contributed by atoms with E-state index in [1.54, 1.807) is 18.4 Å². The highest BCUT2D eigenvalue weighted by molar-refractivity contribution is 7.22. The highest BCUT2D eigenvalue weighted by atomic mass is 35.5. The van der Waals surface area contributed by atoms with Gasteiger partial charge in [-0.15, -0.1) is 16.4 Å². The third-order valence-electron chi connectivity index (χ3n) is 4.48. The van der Waals surface area contributed by atoms with Crippen molar-refractivity contribution in [1.29, 1.82) is 0 Å². The summed E-state index contributed by atoms with van der Waals surface area (Å²) in [5.74, 6) is 0.0583. The molecule has 1 aliphatic rings. The highest BCUT2D eigenvalue weighted by Crippen LogP contribution is 2.37. The summed E-state index contributed by atoms with van der Waals surface area (Å²) in [6.07, 6.45) is 7.49. The largest absolute Gasteiger partial charge is 0.354 e. The minimum atomic E-state index is -0.231. The van der Waals surface area contributed by atoms with Gasteiger partial charge in [0.1, 0.15) is 0 Å². The van der Waals surface area contributed by atoms with E-state index in [9.17, 15) is 4.79 Å². The number of benzene rings is 1. The van der Waals surface area contributed by atoms with Gasteiger partial charge in [-0.05, 0) is 30.2 Å². The lowest BCUT2D eigenvalue weighted by atomic mass is 9.97. The van der Waals surface area contributed by atoms with E-state index in [1.165, 1.54) is 0 Å². The van der Waals surface area contributed by atoms with Crippen LogP contribution in [0, 0.1) is 5.92 Å². The van der Waals surface area contributed by atoms with Crippen LogP contribution >= 0.6 is 22.9 Å². The molecule has 4 rings (SSSR count). The van der Waals surface area contributed by atoms with Gasteiger partial charge in [-0.25, -0.2) is 0 Å². The predicted octanol–water partition coefficient (Wildman–Crippen LogP) is 4.52. The number of aromatic nitrogens is 2. The van der Waals surface area contributed by atoms with E-state index in [-0.39, 0.29) is 11.8 Å². The summed E-state index contributed by atoms with van der Waals surface area (Å²) in [4.78, 5) is 17.5. The van der Waals surface area contributed by atoms with E-state index < -0.39 is 0 Å². The number of nitrogens with one attached hydrogen (secondary N) is 1. The quantitative estimate of drug-likeness (QED) is 0.705. The molecule has 0 bridgehead atoms. The fourth-order valence-electron chi connectivity index (χ4n) is 3.08. The molecule has 1 aliphatic heterocycles. The number of carbonyl (C=O) groups excluding carboxylic acids is 1. The average Bonchev–Trinajstić information content (AvgIpc) is 3.15. The number of hydrogen-bond acceptors (Lipinski definition) is 5. The van der Waals surface area contributed by atoms with Crippen molar-refractivity contribution in [3.63, 3.8) is 0 Å². The van der Waals surface area contributed by atoms with Crippen LogP contribution in [-0.4, -0.2) is 29.4 Å². The van der Waals surface area contributed by atoms with Crippen LogP contribution in [0.4, 0.5) is 0 Å². The van der Waals surface area contributed by atoms with Gasteiger partial charge in [0, 0.05) is 47.1 Å². The molecule has 3 aromatic rings. The molecule has 27 heavy (non-hydrogen) atoms. The number of halogens is 1. The fraction of sp³-hybridized carbons (Fsp3) is 0.200. The van der Waals surface area contributed by atoms with Crippen LogP contribution in [0.3, 0.4) is 0 Å². The van der Waals surface area contributed by atoms with Crippen LogP contribution in [0.1, 0.15) is 22.6 Å². The van der Waals surface area contributed by atoms with Crippen LogP contribution < -0.4 is 5.32 Å². The van der Waals surface area contributed by atoms with E-state index in [0.717, 1.165) is 39.1 Å². The van der Waals surface area contributed by atoms with Gasteiger partial charge in [-0.3, -0.25) is 9.79 Å². The number of aliphatic imine (C=N–C) groups is 1. The molecule has 1 N–H and O–H groups in total. The van der Waals surface area contributed by atoms with Crippen LogP contribution in [0.25, 0.3) is 20.5 Å². The molecule has 1 aromatic carbocycles. The van der Waals surface area contributed by atoms with E-state index in [2.05, 4.69) is 32.6 Å². The lowest BCUT2D eigenvalue weighted by Gasteiger charge is -2.12. The minimum Gasteiger partial charge on any atom is -0.354 e. The molecule has 2 aromatic heterocycles. The Hall–Kier alpha value is -2.57. The van der Waals surface area contributed by atoms with Crippen LogP contribution in [0.5, 0.6) is 0 Å². The number of thiophene rings is 1. The topological polar surface area (TPSA) is 67.2 Å². The summed E-state index contributed by atoms with van der Waals surface area (Å²) in [5.41, 5.74) is 2.30. The van der Waals surface area contributed by atoms with E-state index >= 15 is 0 Å². The van der Waals surface area contributed by atoms with Gasteiger partial charge in [0.15, 0.2) is 5.69 Å². The third-order valence-corrected chi connectivity index (χ3v) is 5.93. The molecule has 5 nitrogen and oxygen atoms in total. The first-order chi connectivity index (χ1) is 13.2. The molecule has 0 radical (unpaired) electrons. The summed E-state index contributed by atoms with van der Waals surface area (Å²) >= 11 is 7.56. The van der Waals surface area contributed by atoms with Gasteiger partial charge < -0.3 is 5.32 Å². The molecule has 0 aliphatic carbocycles. The van der Waals surface area contributed by atoms with Crippen LogP contribution in [0.15, 0.2) is 47.6 Å². The maximum absolute atomic E-state index is 12.3. The normalized spacial score (nSPS) is 16.0. The van der Waals surface area contributed by atoms with Gasteiger partial charge in [0.25, 0.3) is 5.91 Å². The Morgan fingerprint density at radius 1 is 1.30 bits per heavy atom. The summed E-state index contributed by atoms with van der Waals surface area (Å²) in [6, 6.07) is 9.78. The monoisotopic (exact) mass is 396 g/mol. The Balaban J connectivity index is 1.81. The molecule has 1 atom stereocenters. The van der Waals surface area contributed by atoms with Crippen molar-refractivity contribution < 1.29 is 4.79 Å². The number of allylic oxidation sites excluding steroid dienone is 1. The Bertz CT molecular complexity index is 1060. The SMILES string of the molecule is CNC(=O)c1nnc(CC2C=NC=CC2)c2cc(-c3ccc(Cl)cc3)sc12. The third kappa shape index (κ3) is 3.63. The Morgan fingerprint density at radius 2 is 2.11 bits per heavy atom. The van der Waals surface area contributed by atoms with Gasteiger partial charge in [0.2, 0.25) is 0 Å². The second-order valence-corrected chi connectivity index (χ2v) is 7.81. The summed E-state index contributed by atoms with van der Waals surface area (Å²) < 4.78 is 0.854. The maximum Gasteiger partial charge on any atom is 0.273 e. The number of amides is 1. The molecule has 136 valence electrons. The van der Waals surface area contributed by atoms with Gasteiger partial charge >= 0.3 is 0 Å². The minimum absolute atomic E-state index is 0.231. The number of carbonyl (C=O) groups is 1. The number of nitrogens with zero attached hydrogens (tertiary/aromatic N) is 3. The van der Waals surface area contributed by atoms with Crippen LogP contribution in [-0.2, 0) is 6.42 Å². The standard InChI is InChI=1S/C20H17ClN4OS/c1-22-20(26)18-19-15(10-17(27-19)13-4-6-14(21)7-5-13)16(24-25-18)9-12-3-2-8-23-11-12/h2,4-8,10-12H,3,9H2,1H3,(H,22,26). The zero-order chi connectivity index (χ0) is 18.8. The lowest BCUT2D eigenvalue weighted by Crippen LogP contribution is -2.20. The number of rotatable bonds is 4. The van der Waals surface area contributed by atoms with Crippen molar-refractivity contribution in [3.05, 3.63) is 59.0 Å². The number of fused-ring (bicyclic) bond motifs is 1. The zero-order valence-corrected chi connectivity index (χ0v) is 16.2. The molecule has 3 heterocycles. The molecule has 0 saturated heterocycles. The average molecular weight is 397 g/mol. The molecule has 0 fully saturated rings. The van der Waals surface area contributed by atoms with Crippen molar-refractivity contribution in [2.45, 2.75) is 12.8 Å². The zero-order valence-electron chi connectivity index (χ0n) is 14.6. The predicted molar refractivity (Wildman–Crippen MR) is 111 cm³/mol.